The fourth-order valence-electron chi connectivity index (χ4n) is 4.94. The molecule has 4 aromatic rings. The Morgan fingerprint density at radius 3 is 1.18 bits per heavy atom. The summed E-state index contributed by atoms with van der Waals surface area (Å²) < 4.78 is 70.6. The van der Waals surface area contributed by atoms with Crippen molar-refractivity contribution >= 4 is 44.9 Å². The molecular formula is C37H42F6O3P3Rh-. The molecule has 1 aliphatic carbocycles. The van der Waals surface area contributed by atoms with Crippen molar-refractivity contribution in [3.05, 3.63) is 133 Å². The van der Waals surface area contributed by atoms with Gasteiger partial charge in [-0.05, 0) is 64.3 Å². The number of benzene rings is 4. The molecule has 50 heavy (non-hydrogen) atoms. The van der Waals surface area contributed by atoms with Gasteiger partial charge in [0, 0.05) is 42.4 Å². The minimum Gasteiger partial charge on any atom is 0 e. The van der Waals surface area contributed by atoms with E-state index in [2.05, 4.69) is 85.0 Å². The zero-order chi connectivity index (χ0) is 35.8. The Hall–Kier alpha value is -2.59. The number of halogens is 6. The molecule has 0 fully saturated rings. The summed E-state index contributed by atoms with van der Waals surface area (Å²) in [5, 5.41) is 16.3. The van der Waals surface area contributed by atoms with Gasteiger partial charge in [0.05, 0.1) is 20.3 Å². The first-order valence-electron chi connectivity index (χ1n) is 15.6. The maximum Gasteiger partial charge on any atom is 0 e. The van der Waals surface area contributed by atoms with Crippen LogP contribution in [0.25, 0.3) is 0 Å². The van der Waals surface area contributed by atoms with Crippen molar-refractivity contribution in [1.82, 2.24) is 0 Å². The molecule has 1 radical (unpaired) electrons. The van der Waals surface area contributed by atoms with Crippen LogP contribution in [0, 0.1) is 0 Å². The molecule has 0 aromatic heterocycles. The van der Waals surface area contributed by atoms with Gasteiger partial charge < -0.3 is 14.6 Å². The normalized spacial score (nSPS) is 15.9. The number of aliphatic hydroxyl groups excluding tert-OH is 1. The van der Waals surface area contributed by atoms with Crippen LogP contribution in [0.5, 0.6) is 11.5 Å². The predicted octanol–water partition coefficient (Wildman–Crippen LogP) is 10.7. The molecule has 3 nitrogen and oxygen atoms in total. The molecule has 0 aliphatic heterocycles. The first-order chi connectivity index (χ1) is 23.2. The molecule has 0 saturated carbocycles. The number of ether oxygens (including phenoxy) is 2. The van der Waals surface area contributed by atoms with Gasteiger partial charge in [0.2, 0.25) is 0 Å². The third-order valence-corrected chi connectivity index (χ3v) is 12.3. The van der Waals surface area contributed by atoms with E-state index in [0.29, 0.717) is 12.3 Å². The van der Waals surface area contributed by atoms with Gasteiger partial charge in [-0.25, -0.2) is 0 Å². The summed E-state index contributed by atoms with van der Waals surface area (Å²) in [6.07, 6.45) is 14.9. The van der Waals surface area contributed by atoms with Crippen LogP contribution in [-0.2, 0) is 19.5 Å². The second-order valence-corrected chi connectivity index (χ2v) is 17.3. The van der Waals surface area contributed by atoms with Crippen molar-refractivity contribution in [2.75, 3.05) is 26.5 Å². The van der Waals surface area contributed by atoms with Crippen LogP contribution in [0.2, 0.25) is 0 Å². The monoisotopic (exact) mass is 844 g/mol. The Kier molecular flexibility index (Phi) is 17.3. The molecule has 13 heteroatoms. The first kappa shape index (κ1) is 43.6. The van der Waals surface area contributed by atoms with E-state index in [0.717, 1.165) is 22.1 Å². The van der Waals surface area contributed by atoms with Crippen molar-refractivity contribution in [2.24, 2.45) is 0 Å². The molecular weight excluding hydrogens is 802 g/mol. The summed E-state index contributed by atoms with van der Waals surface area (Å²) in [5.74, 6) is 1.69. The second kappa shape index (κ2) is 19.9. The van der Waals surface area contributed by atoms with Crippen LogP contribution in [0.1, 0.15) is 25.7 Å². The van der Waals surface area contributed by atoms with Crippen LogP contribution in [-0.4, -0.2) is 37.8 Å². The third-order valence-electron chi connectivity index (χ3n) is 7.01. The Labute approximate surface area is 306 Å². The van der Waals surface area contributed by atoms with Crippen molar-refractivity contribution < 1.29 is 59.2 Å². The van der Waals surface area contributed by atoms with E-state index in [1.54, 1.807) is 14.2 Å². The summed E-state index contributed by atoms with van der Waals surface area (Å²) in [7, 11) is -8.84. The number of hydrogen-bond donors (Lipinski definition) is 1. The summed E-state index contributed by atoms with van der Waals surface area (Å²) in [4.78, 5) is 0. The van der Waals surface area contributed by atoms with Gasteiger partial charge in [-0.1, -0.05) is 121 Å². The standard InChI is InChI=1S/C29H30O3P2.C8H12.F6P.Rh/c1-31-26-17-9-11-19-28(26)34(29-20-12-10-18-27(29)32-2)22-23(30)21-33(24-13-5-3-6-14-24)25-15-7-4-8-16-25;1-2-4-6-8-7-5-3-1;1-7(2,3,4,5)6;/h3-20,23,30H,21-22H2,1-2H3;1-2,7-8H,3-6H2;;/q;;-1;/b;2-1-,8-7-;;/t23-;;;/m0.../s1. The first-order valence-corrected chi connectivity index (χ1v) is 20.7. The van der Waals surface area contributed by atoms with Gasteiger partial charge in [-0.3, -0.25) is 0 Å². The van der Waals surface area contributed by atoms with E-state index >= 15 is 0 Å². The SMILES string of the molecule is C1=C\CC/C=C\CC/1.COc1ccccc1P(C[C@@H](O)CP(c1ccccc1)c1ccccc1)c1ccccc1OC.F[P-](F)(F)(F)(F)F.[Rh]. The Morgan fingerprint density at radius 2 is 0.840 bits per heavy atom. The molecule has 0 heterocycles. The fraction of sp³-hybridized carbons (Fsp3) is 0.243. The molecule has 1 N–H and O–H groups in total. The maximum atomic E-state index is 11.5. The Balaban J connectivity index is 0.000000449. The number of rotatable bonds is 10. The number of allylic oxidation sites excluding steroid dienone is 4. The minimum absolute atomic E-state index is 0. The predicted molar refractivity (Wildman–Crippen MR) is 197 cm³/mol. The fourth-order valence-corrected chi connectivity index (χ4v) is 10.1. The summed E-state index contributed by atoms with van der Waals surface area (Å²) in [5.41, 5.74) is 0. The maximum absolute atomic E-state index is 11.5. The van der Waals surface area contributed by atoms with E-state index in [1.165, 1.54) is 36.3 Å². The minimum atomic E-state index is -10.7. The van der Waals surface area contributed by atoms with E-state index in [4.69, 9.17) is 9.47 Å². The molecule has 5 rings (SSSR count). The Morgan fingerprint density at radius 1 is 0.540 bits per heavy atom. The average molecular weight is 845 g/mol. The summed E-state index contributed by atoms with van der Waals surface area (Å²) in [6, 6.07) is 37.4. The second-order valence-electron chi connectivity index (χ2n) is 10.9. The summed E-state index contributed by atoms with van der Waals surface area (Å²) in [6.45, 7) is 0. The van der Waals surface area contributed by atoms with Gasteiger partial charge in [0.15, 0.2) is 0 Å². The smallest absolute Gasteiger partial charge is 0 e. The topological polar surface area (TPSA) is 38.7 Å². The van der Waals surface area contributed by atoms with Gasteiger partial charge in [-0.15, -0.1) is 0 Å². The number of para-hydroxylation sites is 2. The van der Waals surface area contributed by atoms with Gasteiger partial charge >= 0.3 is 33.0 Å². The van der Waals surface area contributed by atoms with Crippen LogP contribution >= 0.6 is 23.7 Å². The van der Waals surface area contributed by atoms with Gasteiger partial charge in [-0.2, -0.15) is 0 Å². The van der Waals surface area contributed by atoms with E-state index in [1.807, 2.05) is 48.5 Å². The molecule has 0 bridgehead atoms. The molecule has 1 atom stereocenters. The molecule has 0 spiro atoms. The largest absolute Gasteiger partial charge is 0 e. The zero-order valence-electron chi connectivity index (χ0n) is 27.7. The zero-order valence-corrected chi connectivity index (χ0v) is 32.1. The molecule has 4 aromatic carbocycles. The number of methoxy groups -OCH3 is 2. The van der Waals surface area contributed by atoms with E-state index in [-0.39, 0.29) is 19.5 Å². The molecule has 275 valence electrons. The van der Waals surface area contributed by atoms with E-state index in [9.17, 15) is 30.3 Å². The van der Waals surface area contributed by atoms with Crippen LogP contribution in [0.3, 0.4) is 0 Å². The number of aliphatic hydroxyl groups is 1. The van der Waals surface area contributed by atoms with Crippen LogP contribution in [0.4, 0.5) is 25.2 Å². The third kappa shape index (κ3) is 17.6. The van der Waals surface area contributed by atoms with Crippen LogP contribution < -0.4 is 30.7 Å². The van der Waals surface area contributed by atoms with Crippen molar-refractivity contribution in [1.29, 1.82) is 0 Å². The van der Waals surface area contributed by atoms with Crippen molar-refractivity contribution in [2.45, 2.75) is 31.8 Å². The Bertz CT molecular complexity index is 1500. The van der Waals surface area contributed by atoms with Gasteiger partial charge in [0.1, 0.15) is 11.5 Å². The van der Waals surface area contributed by atoms with Crippen molar-refractivity contribution in [3.63, 3.8) is 0 Å². The molecule has 0 unspecified atom stereocenters. The quantitative estimate of drug-likeness (QED) is 0.0748. The van der Waals surface area contributed by atoms with Gasteiger partial charge in [0.25, 0.3) is 0 Å². The van der Waals surface area contributed by atoms with Crippen LogP contribution in [0.15, 0.2) is 133 Å². The molecule has 1 aliphatic rings. The number of hydrogen-bond acceptors (Lipinski definition) is 3. The summed E-state index contributed by atoms with van der Waals surface area (Å²) >= 11 is 0. The molecule has 0 saturated heterocycles. The van der Waals surface area contributed by atoms with E-state index < -0.39 is 29.8 Å². The molecule has 0 amide bonds. The van der Waals surface area contributed by atoms with Crippen molar-refractivity contribution in [3.8, 4) is 11.5 Å². The average Bonchev–Trinajstić information content (AvgIpc) is 3.05.